The molecule has 3 rings (SSSR count). The molecule has 0 unspecified atom stereocenters. The van der Waals surface area contributed by atoms with Crippen LogP contribution >= 0.6 is 0 Å². The van der Waals surface area contributed by atoms with E-state index >= 15 is 0 Å². The molecule has 0 aliphatic heterocycles. The summed E-state index contributed by atoms with van der Waals surface area (Å²) in [5.74, 6) is 0. The topological polar surface area (TPSA) is 24.7 Å². The molecule has 0 aromatic heterocycles. The maximum atomic E-state index is 4.38. The first-order chi connectivity index (χ1) is 10.8. The second-order valence-electron chi connectivity index (χ2n) is 5.24. The van der Waals surface area contributed by atoms with Gasteiger partial charge in [-0.05, 0) is 36.4 Å². The van der Waals surface area contributed by atoms with Crippen molar-refractivity contribution in [2.75, 3.05) is 0 Å². The lowest BCUT2D eigenvalue weighted by Gasteiger charge is -2.00. The molecule has 0 spiro atoms. The Kier molecular flexibility index (Phi) is 4.40. The highest BCUT2D eigenvalue weighted by atomic mass is 15.1. The van der Waals surface area contributed by atoms with E-state index in [2.05, 4.69) is 52.7 Å². The Morgan fingerprint density at radius 1 is 1.09 bits per heavy atom. The van der Waals surface area contributed by atoms with Crippen molar-refractivity contribution >= 4 is 16.5 Å². The fraction of sp³-hybridized carbons (Fsp3) is 0.100. The van der Waals surface area contributed by atoms with E-state index < -0.39 is 0 Å². The van der Waals surface area contributed by atoms with Crippen LogP contribution in [-0.4, -0.2) is 0 Å². The standard InChI is InChI=1S/C20H18N2/c1-16(8-6-11-17-9-2-3-10-17)21-22-20-15-7-13-18-12-4-5-14-19(18)20/h2-9,11-15H,10H2,1H3/b11-6-,16-8+,22-21?. The van der Waals surface area contributed by atoms with Gasteiger partial charge in [-0.25, -0.2) is 0 Å². The lowest BCUT2D eigenvalue weighted by atomic mass is 10.1. The molecule has 0 radical (unpaired) electrons. The Morgan fingerprint density at radius 2 is 1.95 bits per heavy atom. The summed E-state index contributed by atoms with van der Waals surface area (Å²) >= 11 is 0. The Morgan fingerprint density at radius 3 is 2.82 bits per heavy atom. The molecule has 0 N–H and O–H groups in total. The van der Waals surface area contributed by atoms with E-state index in [1.807, 2.05) is 43.3 Å². The summed E-state index contributed by atoms with van der Waals surface area (Å²) in [6.45, 7) is 1.96. The third-order valence-electron chi connectivity index (χ3n) is 3.53. The predicted molar refractivity (Wildman–Crippen MR) is 93.2 cm³/mol. The average molecular weight is 286 g/mol. The van der Waals surface area contributed by atoms with Crippen molar-refractivity contribution in [3.8, 4) is 0 Å². The zero-order valence-electron chi connectivity index (χ0n) is 12.6. The fourth-order valence-corrected chi connectivity index (χ4v) is 2.36. The Hall–Kier alpha value is -2.74. The molecule has 0 amide bonds. The van der Waals surface area contributed by atoms with Crippen molar-refractivity contribution < 1.29 is 0 Å². The molecule has 0 saturated heterocycles. The Balaban J connectivity index is 1.74. The molecule has 1 aliphatic carbocycles. The summed E-state index contributed by atoms with van der Waals surface area (Å²) in [7, 11) is 0. The van der Waals surface area contributed by atoms with Gasteiger partial charge in [0.2, 0.25) is 0 Å². The molecule has 0 bridgehead atoms. The number of allylic oxidation sites excluding steroid dienone is 8. The van der Waals surface area contributed by atoms with Crippen LogP contribution in [0.15, 0.2) is 100 Å². The zero-order chi connectivity index (χ0) is 15.2. The van der Waals surface area contributed by atoms with Gasteiger partial charge < -0.3 is 0 Å². The van der Waals surface area contributed by atoms with Gasteiger partial charge in [-0.1, -0.05) is 66.8 Å². The van der Waals surface area contributed by atoms with Crippen LogP contribution in [0, 0.1) is 0 Å². The summed E-state index contributed by atoms with van der Waals surface area (Å²) in [4.78, 5) is 0. The summed E-state index contributed by atoms with van der Waals surface area (Å²) in [5, 5.41) is 11.0. The number of rotatable bonds is 4. The van der Waals surface area contributed by atoms with Crippen LogP contribution in [0.1, 0.15) is 13.3 Å². The normalized spacial score (nSPS) is 15.3. The van der Waals surface area contributed by atoms with Crippen molar-refractivity contribution in [1.29, 1.82) is 0 Å². The first-order valence-electron chi connectivity index (χ1n) is 7.43. The van der Waals surface area contributed by atoms with Crippen LogP contribution in [0.4, 0.5) is 5.69 Å². The van der Waals surface area contributed by atoms with Crippen LogP contribution in [0.5, 0.6) is 0 Å². The van der Waals surface area contributed by atoms with E-state index in [0.717, 1.165) is 23.2 Å². The van der Waals surface area contributed by atoms with Crippen molar-refractivity contribution in [3.05, 3.63) is 90.2 Å². The predicted octanol–water partition coefficient (Wildman–Crippen LogP) is 6.27. The molecule has 1 aliphatic rings. The SMILES string of the molecule is C/C(=C\C=C/C1=CC=CC1)N=Nc1cccc2ccccc12. The highest BCUT2D eigenvalue weighted by Crippen LogP contribution is 2.26. The molecule has 0 atom stereocenters. The summed E-state index contributed by atoms with van der Waals surface area (Å²) in [5.41, 5.74) is 3.10. The van der Waals surface area contributed by atoms with Crippen molar-refractivity contribution in [1.82, 2.24) is 0 Å². The van der Waals surface area contributed by atoms with Crippen LogP contribution in [0.2, 0.25) is 0 Å². The molecule has 0 saturated carbocycles. The second kappa shape index (κ2) is 6.81. The van der Waals surface area contributed by atoms with Crippen LogP contribution < -0.4 is 0 Å². The van der Waals surface area contributed by atoms with E-state index in [0.29, 0.717) is 0 Å². The van der Waals surface area contributed by atoms with Crippen molar-refractivity contribution in [3.63, 3.8) is 0 Å². The van der Waals surface area contributed by atoms with E-state index in [-0.39, 0.29) is 0 Å². The Bertz CT molecular complexity index is 815. The van der Waals surface area contributed by atoms with Crippen LogP contribution in [0.3, 0.4) is 0 Å². The number of nitrogens with zero attached hydrogens (tertiary/aromatic N) is 2. The summed E-state index contributed by atoms with van der Waals surface area (Å²) in [6.07, 6.45) is 13.5. The van der Waals surface area contributed by atoms with Gasteiger partial charge in [0.25, 0.3) is 0 Å². The number of hydrogen-bond acceptors (Lipinski definition) is 2. The number of hydrogen-bond donors (Lipinski definition) is 0. The second-order valence-corrected chi connectivity index (χ2v) is 5.24. The van der Waals surface area contributed by atoms with Gasteiger partial charge in [0.05, 0.1) is 11.4 Å². The highest BCUT2D eigenvalue weighted by molar-refractivity contribution is 5.92. The molecule has 2 heteroatoms. The number of benzene rings is 2. The minimum absolute atomic E-state index is 0.885. The van der Waals surface area contributed by atoms with Crippen molar-refractivity contribution in [2.45, 2.75) is 13.3 Å². The first-order valence-corrected chi connectivity index (χ1v) is 7.43. The highest BCUT2D eigenvalue weighted by Gasteiger charge is 1.98. The minimum atomic E-state index is 0.885. The quantitative estimate of drug-likeness (QED) is 0.467. The van der Waals surface area contributed by atoms with Crippen LogP contribution in [0.25, 0.3) is 10.8 Å². The first kappa shape index (κ1) is 14.2. The molecule has 0 heterocycles. The van der Waals surface area contributed by atoms with Gasteiger partial charge >= 0.3 is 0 Å². The largest absolute Gasteiger partial charge is 0.155 e. The maximum absolute atomic E-state index is 4.38. The molecule has 22 heavy (non-hydrogen) atoms. The number of fused-ring (bicyclic) bond motifs is 1. The molecule has 2 aromatic rings. The Labute approximate surface area is 130 Å². The van der Waals surface area contributed by atoms with Gasteiger partial charge in [-0.2, -0.15) is 10.2 Å². The van der Waals surface area contributed by atoms with E-state index in [1.165, 1.54) is 11.0 Å². The van der Waals surface area contributed by atoms with Gasteiger partial charge in [-0.3, -0.25) is 0 Å². The smallest absolute Gasteiger partial charge is 0.0935 e. The van der Waals surface area contributed by atoms with Gasteiger partial charge in [0, 0.05) is 5.39 Å². The van der Waals surface area contributed by atoms with Crippen molar-refractivity contribution in [2.24, 2.45) is 10.2 Å². The third kappa shape index (κ3) is 3.47. The lowest BCUT2D eigenvalue weighted by molar-refractivity contribution is 1.13. The number of azo groups is 1. The molecule has 2 nitrogen and oxygen atoms in total. The average Bonchev–Trinajstić information content (AvgIpc) is 3.06. The van der Waals surface area contributed by atoms with Gasteiger partial charge in [0.15, 0.2) is 0 Å². The van der Waals surface area contributed by atoms with Gasteiger partial charge in [0.1, 0.15) is 0 Å². The molecular weight excluding hydrogens is 268 g/mol. The fourth-order valence-electron chi connectivity index (χ4n) is 2.36. The molecule has 0 fully saturated rings. The molecule has 2 aromatic carbocycles. The minimum Gasteiger partial charge on any atom is -0.155 e. The van der Waals surface area contributed by atoms with E-state index in [1.54, 1.807) is 0 Å². The monoisotopic (exact) mass is 286 g/mol. The van der Waals surface area contributed by atoms with E-state index in [9.17, 15) is 0 Å². The molecular formula is C20H18N2. The van der Waals surface area contributed by atoms with E-state index in [4.69, 9.17) is 0 Å². The van der Waals surface area contributed by atoms with Crippen LogP contribution in [-0.2, 0) is 0 Å². The summed E-state index contributed by atoms with van der Waals surface area (Å²) in [6, 6.07) is 14.3. The summed E-state index contributed by atoms with van der Waals surface area (Å²) < 4.78 is 0. The lowest BCUT2D eigenvalue weighted by Crippen LogP contribution is -1.73. The zero-order valence-corrected chi connectivity index (χ0v) is 12.6. The maximum Gasteiger partial charge on any atom is 0.0935 e. The van der Waals surface area contributed by atoms with Gasteiger partial charge in [-0.15, -0.1) is 0 Å². The molecule has 108 valence electrons. The third-order valence-corrected chi connectivity index (χ3v) is 3.53.